The van der Waals surface area contributed by atoms with Crippen LogP contribution in [-0.2, 0) is 4.79 Å². The van der Waals surface area contributed by atoms with E-state index in [1.165, 1.54) is 17.3 Å². The van der Waals surface area contributed by atoms with Gasteiger partial charge in [0.05, 0.1) is 22.3 Å². The van der Waals surface area contributed by atoms with Crippen LogP contribution in [0.15, 0.2) is 58.5 Å². The number of thioether (sulfide) groups is 1. The molecule has 2 heterocycles. The Balaban J connectivity index is 1.67. The maximum atomic E-state index is 13.5. The summed E-state index contributed by atoms with van der Waals surface area (Å²) in [6.07, 6.45) is 2.23. The highest BCUT2D eigenvalue weighted by Crippen LogP contribution is 2.26. The van der Waals surface area contributed by atoms with E-state index in [0.717, 1.165) is 31.6 Å². The number of fused-ring (bicyclic) bond motifs is 1. The van der Waals surface area contributed by atoms with E-state index in [4.69, 9.17) is 4.98 Å². The fraction of sp³-hybridized carbons (Fsp3) is 0.444. The number of aromatic nitrogens is 2. The summed E-state index contributed by atoms with van der Waals surface area (Å²) < 4.78 is 1.65. The van der Waals surface area contributed by atoms with Crippen LogP contribution in [0.4, 0.5) is 0 Å². The summed E-state index contributed by atoms with van der Waals surface area (Å²) in [5.41, 5.74) is 2.58. The summed E-state index contributed by atoms with van der Waals surface area (Å²) in [5.74, 6) is 1.88. The van der Waals surface area contributed by atoms with Gasteiger partial charge in [-0.25, -0.2) is 4.98 Å². The van der Waals surface area contributed by atoms with Crippen LogP contribution in [0.1, 0.15) is 52.0 Å². The number of amides is 1. The zero-order valence-corrected chi connectivity index (χ0v) is 20.8. The maximum absolute atomic E-state index is 13.5. The van der Waals surface area contributed by atoms with Crippen LogP contribution in [0.25, 0.3) is 16.6 Å². The van der Waals surface area contributed by atoms with Crippen LogP contribution < -0.4 is 5.56 Å². The molecule has 3 unspecified atom stereocenters. The molecule has 1 aliphatic heterocycles. The maximum Gasteiger partial charge on any atom is 0.266 e. The van der Waals surface area contributed by atoms with E-state index in [2.05, 4.69) is 39.8 Å². The van der Waals surface area contributed by atoms with Gasteiger partial charge in [-0.1, -0.05) is 63.7 Å². The van der Waals surface area contributed by atoms with Gasteiger partial charge in [0.1, 0.15) is 0 Å². The second-order valence-electron chi connectivity index (χ2n) is 9.49. The van der Waals surface area contributed by atoms with Crippen molar-refractivity contribution in [2.45, 2.75) is 51.6 Å². The quantitative estimate of drug-likeness (QED) is 0.358. The van der Waals surface area contributed by atoms with Crippen molar-refractivity contribution >= 4 is 28.6 Å². The zero-order valence-electron chi connectivity index (χ0n) is 20.0. The molecule has 0 aliphatic carbocycles. The third kappa shape index (κ3) is 5.16. The zero-order chi connectivity index (χ0) is 23.5. The van der Waals surface area contributed by atoms with Crippen molar-refractivity contribution in [3.63, 3.8) is 0 Å². The lowest BCUT2D eigenvalue weighted by Gasteiger charge is -2.35. The third-order valence-electron chi connectivity index (χ3n) is 6.62. The van der Waals surface area contributed by atoms with Gasteiger partial charge in [-0.15, -0.1) is 0 Å². The molecule has 1 fully saturated rings. The molecule has 174 valence electrons. The minimum absolute atomic E-state index is 0.105. The van der Waals surface area contributed by atoms with Gasteiger partial charge in [0.15, 0.2) is 5.16 Å². The molecular weight excluding hydrogens is 430 g/mol. The first-order chi connectivity index (χ1) is 15.9. The molecular formula is C27H33N3O2S. The number of likely N-dealkylation sites (tertiary alicyclic amines) is 1. The van der Waals surface area contributed by atoms with E-state index in [1.54, 1.807) is 4.57 Å². The van der Waals surface area contributed by atoms with Crippen LogP contribution in [0.2, 0.25) is 0 Å². The molecule has 1 saturated heterocycles. The normalized spacial score (nSPS) is 19.6. The molecule has 5 nitrogen and oxygen atoms in total. The topological polar surface area (TPSA) is 55.2 Å². The molecule has 0 bridgehead atoms. The van der Waals surface area contributed by atoms with E-state index in [-0.39, 0.29) is 17.2 Å². The van der Waals surface area contributed by atoms with Crippen LogP contribution >= 0.6 is 11.8 Å². The molecule has 6 heteroatoms. The van der Waals surface area contributed by atoms with E-state index >= 15 is 0 Å². The Kier molecular flexibility index (Phi) is 7.23. The number of benzene rings is 2. The van der Waals surface area contributed by atoms with Crippen molar-refractivity contribution in [1.82, 2.24) is 14.5 Å². The van der Waals surface area contributed by atoms with Crippen molar-refractivity contribution in [2.24, 2.45) is 11.8 Å². The monoisotopic (exact) mass is 463 g/mol. The van der Waals surface area contributed by atoms with Crippen molar-refractivity contribution in [1.29, 1.82) is 0 Å². The smallest absolute Gasteiger partial charge is 0.266 e. The Morgan fingerprint density at radius 1 is 1.09 bits per heavy atom. The summed E-state index contributed by atoms with van der Waals surface area (Å²) >= 11 is 1.35. The van der Waals surface area contributed by atoms with Crippen molar-refractivity contribution < 1.29 is 4.79 Å². The van der Waals surface area contributed by atoms with Gasteiger partial charge in [0.25, 0.3) is 5.56 Å². The number of carbonyl (C=O) groups excluding carboxylic acids is 1. The van der Waals surface area contributed by atoms with E-state index in [9.17, 15) is 9.59 Å². The standard InChI is InChI=1S/C27H33N3O2S/c1-5-20(4)21-10-12-22(13-11-21)30-26(32)23-8-6-7-9-24(23)28-27(30)33-17-25(31)29-15-18(2)14-19(3)16-29/h6-13,18-20H,5,14-17H2,1-4H3. The van der Waals surface area contributed by atoms with Gasteiger partial charge in [0, 0.05) is 13.1 Å². The molecule has 3 aromatic rings. The highest BCUT2D eigenvalue weighted by Gasteiger charge is 2.26. The second-order valence-corrected chi connectivity index (χ2v) is 10.4. The lowest BCUT2D eigenvalue weighted by Crippen LogP contribution is -2.43. The lowest BCUT2D eigenvalue weighted by molar-refractivity contribution is -0.130. The number of rotatable bonds is 6. The summed E-state index contributed by atoms with van der Waals surface area (Å²) in [5, 5.41) is 1.14. The Morgan fingerprint density at radius 3 is 2.42 bits per heavy atom. The first kappa shape index (κ1) is 23.6. The summed E-state index contributed by atoms with van der Waals surface area (Å²) in [6.45, 7) is 10.4. The Bertz CT molecular complexity index is 1180. The van der Waals surface area contributed by atoms with Crippen molar-refractivity contribution in [3.05, 3.63) is 64.4 Å². The molecule has 0 saturated carbocycles. The van der Waals surface area contributed by atoms with Gasteiger partial charge < -0.3 is 4.90 Å². The molecule has 1 amide bonds. The Morgan fingerprint density at radius 2 is 1.76 bits per heavy atom. The van der Waals surface area contributed by atoms with Crippen LogP contribution in [0.3, 0.4) is 0 Å². The predicted molar refractivity (Wildman–Crippen MR) is 136 cm³/mol. The van der Waals surface area contributed by atoms with Gasteiger partial charge in [-0.05, 0) is 60.4 Å². The van der Waals surface area contributed by atoms with E-state index < -0.39 is 0 Å². The first-order valence-corrected chi connectivity index (χ1v) is 12.9. The third-order valence-corrected chi connectivity index (χ3v) is 7.55. The van der Waals surface area contributed by atoms with Gasteiger partial charge in [0.2, 0.25) is 5.91 Å². The average Bonchev–Trinajstić information content (AvgIpc) is 2.81. The van der Waals surface area contributed by atoms with E-state index in [0.29, 0.717) is 33.8 Å². The predicted octanol–water partition coefficient (Wildman–Crippen LogP) is 5.50. The number of carbonyl (C=O) groups is 1. The Hall–Kier alpha value is -2.60. The van der Waals surface area contributed by atoms with Crippen LogP contribution in [0.5, 0.6) is 0 Å². The van der Waals surface area contributed by atoms with Crippen molar-refractivity contribution in [2.75, 3.05) is 18.8 Å². The fourth-order valence-corrected chi connectivity index (χ4v) is 5.62. The second kappa shape index (κ2) is 10.1. The minimum Gasteiger partial charge on any atom is -0.341 e. The largest absolute Gasteiger partial charge is 0.341 e. The molecule has 0 spiro atoms. The molecule has 3 atom stereocenters. The molecule has 33 heavy (non-hydrogen) atoms. The molecule has 1 aliphatic rings. The highest BCUT2D eigenvalue weighted by atomic mass is 32.2. The summed E-state index contributed by atoms with van der Waals surface area (Å²) in [7, 11) is 0. The number of hydrogen-bond acceptors (Lipinski definition) is 4. The first-order valence-electron chi connectivity index (χ1n) is 11.9. The fourth-order valence-electron chi connectivity index (χ4n) is 4.71. The SMILES string of the molecule is CCC(C)c1ccc(-n2c(SCC(=O)N3CC(C)CC(C)C3)nc3ccccc3c2=O)cc1. The highest BCUT2D eigenvalue weighted by molar-refractivity contribution is 7.99. The number of piperidine rings is 1. The molecule has 1 aromatic heterocycles. The number of nitrogens with zero attached hydrogens (tertiary/aromatic N) is 3. The minimum atomic E-state index is -0.105. The molecule has 2 aromatic carbocycles. The van der Waals surface area contributed by atoms with Crippen molar-refractivity contribution in [3.8, 4) is 5.69 Å². The molecule has 0 radical (unpaired) electrons. The Labute approximate surface area is 200 Å². The summed E-state index contributed by atoms with van der Waals surface area (Å²) in [4.78, 5) is 33.2. The molecule has 4 rings (SSSR count). The van der Waals surface area contributed by atoms with Gasteiger partial charge in [-0.3, -0.25) is 14.2 Å². The van der Waals surface area contributed by atoms with Crippen LogP contribution in [0, 0.1) is 11.8 Å². The van der Waals surface area contributed by atoms with Gasteiger partial charge >= 0.3 is 0 Å². The average molecular weight is 464 g/mol. The lowest BCUT2D eigenvalue weighted by atomic mass is 9.92. The number of para-hydroxylation sites is 1. The van der Waals surface area contributed by atoms with Crippen LogP contribution in [-0.4, -0.2) is 39.2 Å². The van der Waals surface area contributed by atoms with Gasteiger partial charge in [-0.2, -0.15) is 0 Å². The molecule has 0 N–H and O–H groups in total. The number of hydrogen-bond donors (Lipinski definition) is 0. The van der Waals surface area contributed by atoms with E-state index in [1.807, 2.05) is 41.3 Å². The summed E-state index contributed by atoms with van der Waals surface area (Å²) in [6, 6.07) is 15.5.